The predicted octanol–water partition coefficient (Wildman–Crippen LogP) is 3.44. The molecule has 0 radical (unpaired) electrons. The highest BCUT2D eigenvalue weighted by atomic mass is 15.1. The van der Waals surface area contributed by atoms with E-state index in [0.717, 1.165) is 6.04 Å². The Labute approximate surface area is 83.5 Å². The maximum atomic E-state index is 2.54. The van der Waals surface area contributed by atoms with Gasteiger partial charge in [-0.2, -0.15) is 0 Å². The van der Waals surface area contributed by atoms with Crippen LogP contribution in [0.25, 0.3) is 0 Å². The molecule has 1 heteroatoms. The molecule has 0 aliphatic heterocycles. The molecule has 0 N–H and O–H groups in total. The van der Waals surface area contributed by atoms with Crippen molar-refractivity contribution in [3.05, 3.63) is 0 Å². The van der Waals surface area contributed by atoms with Crippen molar-refractivity contribution in [2.75, 3.05) is 13.6 Å². The number of hydrogen-bond donors (Lipinski definition) is 0. The van der Waals surface area contributed by atoms with Gasteiger partial charge in [0.1, 0.15) is 0 Å². The Bertz CT molecular complexity index is 118. The first-order valence-corrected chi connectivity index (χ1v) is 6.05. The van der Waals surface area contributed by atoms with E-state index in [9.17, 15) is 0 Å². The third kappa shape index (κ3) is 5.30. The molecule has 13 heavy (non-hydrogen) atoms. The van der Waals surface area contributed by atoms with Crippen LogP contribution in [0.4, 0.5) is 0 Å². The summed E-state index contributed by atoms with van der Waals surface area (Å²) < 4.78 is 0. The van der Waals surface area contributed by atoms with Crippen LogP contribution in [0.3, 0.4) is 0 Å². The molecule has 1 aliphatic rings. The van der Waals surface area contributed by atoms with Gasteiger partial charge in [0.05, 0.1) is 0 Å². The van der Waals surface area contributed by atoms with Gasteiger partial charge >= 0.3 is 0 Å². The Morgan fingerprint density at radius 2 is 1.62 bits per heavy atom. The second-order valence-electron chi connectivity index (χ2n) is 4.48. The first-order valence-electron chi connectivity index (χ1n) is 6.05. The van der Waals surface area contributed by atoms with Crippen molar-refractivity contribution in [2.45, 2.75) is 64.3 Å². The van der Waals surface area contributed by atoms with Gasteiger partial charge in [-0.3, -0.25) is 0 Å². The van der Waals surface area contributed by atoms with Crippen LogP contribution in [0.15, 0.2) is 0 Å². The maximum absolute atomic E-state index is 2.54. The van der Waals surface area contributed by atoms with Gasteiger partial charge in [-0.15, -0.1) is 0 Å². The van der Waals surface area contributed by atoms with E-state index in [0.29, 0.717) is 0 Å². The van der Waals surface area contributed by atoms with Crippen LogP contribution in [0, 0.1) is 0 Å². The molecule has 0 atom stereocenters. The van der Waals surface area contributed by atoms with Crippen LogP contribution in [-0.4, -0.2) is 24.5 Å². The predicted molar refractivity (Wildman–Crippen MR) is 59.0 cm³/mol. The largest absolute Gasteiger partial charge is 0.303 e. The van der Waals surface area contributed by atoms with Crippen LogP contribution < -0.4 is 0 Å². The van der Waals surface area contributed by atoms with E-state index >= 15 is 0 Å². The number of rotatable bonds is 8. The van der Waals surface area contributed by atoms with Crippen molar-refractivity contribution < 1.29 is 0 Å². The van der Waals surface area contributed by atoms with Crippen LogP contribution in [0.5, 0.6) is 0 Å². The van der Waals surface area contributed by atoms with E-state index in [2.05, 4.69) is 18.9 Å². The minimum Gasteiger partial charge on any atom is -0.303 e. The van der Waals surface area contributed by atoms with Crippen molar-refractivity contribution in [1.29, 1.82) is 0 Å². The van der Waals surface area contributed by atoms with Gasteiger partial charge in [-0.05, 0) is 32.9 Å². The van der Waals surface area contributed by atoms with E-state index in [1.54, 1.807) is 0 Å². The van der Waals surface area contributed by atoms with E-state index in [1.807, 2.05) is 0 Å². The highest BCUT2D eigenvalue weighted by molar-refractivity contribution is 4.81. The Morgan fingerprint density at radius 1 is 1.00 bits per heavy atom. The highest BCUT2D eigenvalue weighted by Gasteiger charge is 2.25. The summed E-state index contributed by atoms with van der Waals surface area (Å²) in [5.41, 5.74) is 0. The molecular weight excluding hydrogens is 158 g/mol. The summed E-state index contributed by atoms with van der Waals surface area (Å²) in [5, 5.41) is 0. The van der Waals surface area contributed by atoms with Crippen molar-refractivity contribution >= 4 is 0 Å². The molecule has 0 amide bonds. The molecule has 1 nitrogen and oxygen atoms in total. The number of hydrogen-bond acceptors (Lipinski definition) is 1. The summed E-state index contributed by atoms with van der Waals surface area (Å²) in [6.45, 7) is 3.61. The average molecular weight is 183 g/mol. The zero-order valence-electron chi connectivity index (χ0n) is 9.39. The Morgan fingerprint density at radius 3 is 2.23 bits per heavy atom. The topological polar surface area (TPSA) is 3.24 Å². The minimum atomic E-state index is 0.954. The number of unbranched alkanes of at least 4 members (excludes halogenated alkanes) is 5. The molecule has 1 saturated carbocycles. The molecule has 0 saturated heterocycles. The summed E-state index contributed by atoms with van der Waals surface area (Å²) in [7, 11) is 2.28. The van der Waals surface area contributed by atoms with Gasteiger partial charge in [0.2, 0.25) is 0 Å². The monoisotopic (exact) mass is 183 g/mol. The molecule has 0 unspecified atom stereocenters. The van der Waals surface area contributed by atoms with Crippen molar-refractivity contribution in [2.24, 2.45) is 0 Å². The molecule has 1 fully saturated rings. The van der Waals surface area contributed by atoms with Crippen LogP contribution in [0.1, 0.15) is 58.3 Å². The third-order valence-electron chi connectivity index (χ3n) is 3.03. The normalized spacial score (nSPS) is 16.8. The Balaban J connectivity index is 1.77. The quantitative estimate of drug-likeness (QED) is 0.521. The van der Waals surface area contributed by atoms with E-state index in [4.69, 9.17) is 0 Å². The first kappa shape index (κ1) is 11.0. The Kier molecular flexibility index (Phi) is 5.45. The van der Waals surface area contributed by atoms with Crippen LogP contribution in [-0.2, 0) is 0 Å². The van der Waals surface area contributed by atoms with Gasteiger partial charge in [0.15, 0.2) is 0 Å². The van der Waals surface area contributed by atoms with Gasteiger partial charge in [-0.1, -0.05) is 39.0 Å². The summed E-state index contributed by atoms with van der Waals surface area (Å²) in [4.78, 5) is 2.54. The fourth-order valence-corrected chi connectivity index (χ4v) is 1.84. The van der Waals surface area contributed by atoms with Gasteiger partial charge in [0, 0.05) is 6.04 Å². The van der Waals surface area contributed by atoms with Gasteiger partial charge in [-0.25, -0.2) is 0 Å². The zero-order chi connectivity index (χ0) is 9.52. The lowest BCUT2D eigenvalue weighted by molar-refractivity contribution is 0.314. The molecule has 1 rings (SSSR count). The molecule has 0 heterocycles. The molecule has 0 aromatic rings. The smallest absolute Gasteiger partial charge is 0.00933 e. The van der Waals surface area contributed by atoms with Crippen LogP contribution in [0.2, 0.25) is 0 Å². The lowest BCUT2D eigenvalue weighted by Crippen LogP contribution is -2.21. The van der Waals surface area contributed by atoms with E-state index in [1.165, 1.54) is 57.9 Å². The average Bonchev–Trinajstić information content (AvgIpc) is 2.93. The molecule has 0 spiro atoms. The summed E-state index contributed by atoms with van der Waals surface area (Å²) in [5.74, 6) is 0. The molecule has 0 bridgehead atoms. The van der Waals surface area contributed by atoms with Crippen molar-refractivity contribution in [3.8, 4) is 0 Å². The second-order valence-corrected chi connectivity index (χ2v) is 4.48. The fraction of sp³-hybridized carbons (Fsp3) is 1.00. The fourth-order valence-electron chi connectivity index (χ4n) is 1.84. The first-order chi connectivity index (χ1) is 6.34. The molecule has 1 aliphatic carbocycles. The maximum Gasteiger partial charge on any atom is 0.00933 e. The van der Waals surface area contributed by atoms with E-state index in [-0.39, 0.29) is 0 Å². The van der Waals surface area contributed by atoms with Crippen molar-refractivity contribution in [1.82, 2.24) is 4.90 Å². The summed E-state index contributed by atoms with van der Waals surface area (Å²) in [6, 6.07) is 0.954. The summed E-state index contributed by atoms with van der Waals surface area (Å²) >= 11 is 0. The van der Waals surface area contributed by atoms with E-state index < -0.39 is 0 Å². The molecular formula is C12H25N. The van der Waals surface area contributed by atoms with Crippen LogP contribution >= 0.6 is 0 Å². The SMILES string of the molecule is CCCCCCCCN(C)C1CC1. The van der Waals surface area contributed by atoms with Crippen molar-refractivity contribution in [3.63, 3.8) is 0 Å². The molecule has 0 aromatic carbocycles. The summed E-state index contributed by atoms with van der Waals surface area (Å²) in [6.07, 6.45) is 11.4. The van der Waals surface area contributed by atoms with Gasteiger partial charge in [0.25, 0.3) is 0 Å². The zero-order valence-corrected chi connectivity index (χ0v) is 9.39. The molecule has 0 aromatic heterocycles. The van der Waals surface area contributed by atoms with Gasteiger partial charge < -0.3 is 4.90 Å². The highest BCUT2D eigenvalue weighted by Crippen LogP contribution is 2.25. The minimum absolute atomic E-state index is 0.954. The molecule has 78 valence electrons. The standard InChI is InChI=1S/C12H25N/c1-3-4-5-6-7-8-11-13(2)12-9-10-12/h12H,3-11H2,1-2H3. The number of nitrogens with zero attached hydrogens (tertiary/aromatic N) is 1. The Hall–Kier alpha value is -0.0400. The third-order valence-corrected chi connectivity index (χ3v) is 3.03. The lowest BCUT2D eigenvalue weighted by Gasteiger charge is -2.14. The second kappa shape index (κ2) is 6.42. The lowest BCUT2D eigenvalue weighted by atomic mass is 10.1.